The van der Waals surface area contributed by atoms with Gasteiger partial charge in [0.2, 0.25) is 0 Å². The van der Waals surface area contributed by atoms with E-state index in [1.54, 1.807) is 0 Å². The summed E-state index contributed by atoms with van der Waals surface area (Å²) in [4.78, 5) is 4.90. The Kier molecular flexibility index (Phi) is 4.48. The molecule has 1 aromatic carbocycles. The summed E-state index contributed by atoms with van der Waals surface area (Å²) in [5, 5.41) is 0. The van der Waals surface area contributed by atoms with Crippen LogP contribution in [-0.2, 0) is 6.42 Å². The Balaban J connectivity index is 1.78. The van der Waals surface area contributed by atoms with Crippen molar-refractivity contribution in [2.75, 3.05) is 40.3 Å². The van der Waals surface area contributed by atoms with Gasteiger partial charge in [-0.25, -0.2) is 0 Å². The Labute approximate surface area is 127 Å². The molecule has 21 heavy (non-hydrogen) atoms. The van der Waals surface area contributed by atoms with Crippen LogP contribution in [0.25, 0.3) is 0 Å². The second-order valence-corrected chi connectivity index (χ2v) is 6.47. The van der Waals surface area contributed by atoms with E-state index in [4.69, 9.17) is 10.5 Å². The van der Waals surface area contributed by atoms with Crippen molar-refractivity contribution in [1.82, 2.24) is 9.80 Å². The van der Waals surface area contributed by atoms with Crippen LogP contribution >= 0.6 is 0 Å². The number of nitrogens with zero attached hydrogens (tertiary/aromatic N) is 2. The Hall–Kier alpha value is -1.10. The summed E-state index contributed by atoms with van der Waals surface area (Å²) >= 11 is 0. The molecule has 2 unspecified atom stereocenters. The lowest BCUT2D eigenvalue weighted by atomic mass is 9.97. The molecule has 2 N–H and O–H groups in total. The van der Waals surface area contributed by atoms with Gasteiger partial charge in [0.05, 0.1) is 6.61 Å². The first-order valence-electron chi connectivity index (χ1n) is 8.05. The average molecular weight is 289 g/mol. The van der Waals surface area contributed by atoms with E-state index in [2.05, 4.69) is 42.1 Å². The number of likely N-dealkylation sites (N-methyl/N-ethyl adjacent to an activating group) is 1. The maximum atomic E-state index is 6.12. The minimum absolute atomic E-state index is 0.332. The second-order valence-electron chi connectivity index (χ2n) is 6.47. The van der Waals surface area contributed by atoms with E-state index in [9.17, 15) is 0 Å². The van der Waals surface area contributed by atoms with E-state index in [0.29, 0.717) is 18.6 Å². The van der Waals surface area contributed by atoms with Crippen molar-refractivity contribution in [3.8, 4) is 5.75 Å². The zero-order valence-corrected chi connectivity index (χ0v) is 13.2. The number of hydrogen-bond acceptors (Lipinski definition) is 4. The van der Waals surface area contributed by atoms with E-state index >= 15 is 0 Å². The third kappa shape index (κ3) is 3.07. The molecule has 2 atom stereocenters. The molecule has 116 valence electrons. The van der Waals surface area contributed by atoms with Crippen molar-refractivity contribution in [3.63, 3.8) is 0 Å². The van der Waals surface area contributed by atoms with Crippen LogP contribution in [-0.4, -0.2) is 56.2 Å². The quantitative estimate of drug-likeness (QED) is 0.915. The van der Waals surface area contributed by atoms with Gasteiger partial charge in [-0.05, 0) is 50.7 Å². The van der Waals surface area contributed by atoms with Crippen LogP contribution in [0.4, 0.5) is 0 Å². The molecule has 0 spiro atoms. The molecule has 1 fully saturated rings. The highest BCUT2D eigenvalue weighted by Crippen LogP contribution is 2.31. The van der Waals surface area contributed by atoms with Crippen molar-refractivity contribution in [1.29, 1.82) is 0 Å². The highest BCUT2D eigenvalue weighted by molar-refractivity contribution is 5.41. The third-order valence-corrected chi connectivity index (χ3v) is 4.92. The summed E-state index contributed by atoms with van der Waals surface area (Å²) in [6, 6.07) is 7.59. The largest absolute Gasteiger partial charge is 0.493 e. The van der Waals surface area contributed by atoms with Gasteiger partial charge < -0.3 is 15.4 Å². The number of fused-ring (bicyclic) bond motifs is 1. The van der Waals surface area contributed by atoms with E-state index in [-0.39, 0.29) is 0 Å². The van der Waals surface area contributed by atoms with Crippen molar-refractivity contribution in [2.45, 2.75) is 31.3 Å². The Morgan fingerprint density at radius 3 is 3.05 bits per heavy atom. The lowest BCUT2D eigenvalue weighted by molar-refractivity contribution is 0.0984. The number of piperidine rings is 1. The first kappa shape index (κ1) is 14.8. The Morgan fingerprint density at radius 2 is 2.29 bits per heavy atom. The minimum Gasteiger partial charge on any atom is -0.493 e. The first-order valence-corrected chi connectivity index (χ1v) is 8.05. The van der Waals surface area contributed by atoms with Crippen LogP contribution in [0.5, 0.6) is 5.75 Å². The van der Waals surface area contributed by atoms with Gasteiger partial charge >= 0.3 is 0 Å². The fourth-order valence-electron chi connectivity index (χ4n) is 3.60. The van der Waals surface area contributed by atoms with Crippen LogP contribution in [0.1, 0.15) is 30.0 Å². The molecule has 4 heteroatoms. The predicted octanol–water partition coefficient (Wildman–Crippen LogP) is 1.65. The molecule has 2 heterocycles. The zero-order chi connectivity index (χ0) is 14.8. The molecule has 0 radical (unpaired) electrons. The number of likely N-dealkylation sites (tertiary alicyclic amines) is 1. The lowest BCUT2D eigenvalue weighted by Crippen LogP contribution is -2.47. The van der Waals surface area contributed by atoms with Crippen molar-refractivity contribution < 1.29 is 4.74 Å². The van der Waals surface area contributed by atoms with Gasteiger partial charge in [-0.1, -0.05) is 12.1 Å². The van der Waals surface area contributed by atoms with Crippen molar-refractivity contribution >= 4 is 0 Å². The van der Waals surface area contributed by atoms with Crippen LogP contribution < -0.4 is 10.5 Å². The molecule has 4 nitrogen and oxygen atoms in total. The summed E-state index contributed by atoms with van der Waals surface area (Å²) in [7, 11) is 4.36. The molecule has 0 aromatic heterocycles. The Morgan fingerprint density at radius 1 is 1.43 bits per heavy atom. The van der Waals surface area contributed by atoms with Gasteiger partial charge in [0, 0.05) is 31.6 Å². The molecule has 2 aliphatic rings. The summed E-state index contributed by atoms with van der Waals surface area (Å²) in [6.07, 6.45) is 3.58. The Bertz CT molecular complexity index is 489. The van der Waals surface area contributed by atoms with Crippen LogP contribution in [0.3, 0.4) is 0 Å². The van der Waals surface area contributed by atoms with Gasteiger partial charge in [-0.15, -0.1) is 0 Å². The van der Waals surface area contributed by atoms with Gasteiger partial charge in [-0.2, -0.15) is 0 Å². The fourth-order valence-corrected chi connectivity index (χ4v) is 3.60. The predicted molar refractivity (Wildman–Crippen MR) is 85.7 cm³/mol. The molecule has 0 aliphatic carbocycles. The smallest absolute Gasteiger partial charge is 0.122 e. The van der Waals surface area contributed by atoms with E-state index in [0.717, 1.165) is 31.9 Å². The molecular weight excluding hydrogens is 262 g/mol. The number of benzene rings is 1. The highest BCUT2D eigenvalue weighted by atomic mass is 16.5. The molecule has 3 rings (SSSR count). The molecule has 1 saturated heterocycles. The van der Waals surface area contributed by atoms with Gasteiger partial charge in [0.15, 0.2) is 0 Å². The van der Waals surface area contributed by atoms with Crippen LogP contribution in [0.2, 0.25) is 0 Å². The SMILES string of the molecule is CN(C)C1CCCN(C(CN)c2ccc3c(c2)CCO3)C1. The van der Waals surface area contributed by atoms with E-state index < -0.39 is 0 Å². The number of hydrogen-bond donors (Lipinski definition) is 1. The standard InChI is InChI=1S/C17H27N3O/c1-19(2)15-4-3-8-20(12-15)16(11-18)13-5-6-17-14(10-13)7-9-21-17/h5-6,10,15-16H,3-4,7-9,11-12,18H2,1-2H3. The normalized spacial score (nSPS) is 23.9. The summed E-state index contributed by atoms with van der Waals surface area (Å²) in [6.45, 7) is 3.76. The molecule has 0 saturated carbocycles. The lowest BCUT2D eigenvalue weighted by Gasteiger charge is -2.40. The highest BCUT2D eigenvalue weighted by Gasteiger charge is 2.27. The third-order valence-electron chi connectivity index (χ3n) is 4.92. The average Bonchev–Trinajstić information content (AvgIpc) is 2.96. The van der Waals surface area contributed by atoms with Crippen LogP contribution in [0.15, 0.2) is 18.2 Å². The molecular formula is C17H27N3O. The summed E-state index contributed by atoms with van der Waals surface area (Å²) < 4.78 is 5.61. The fraction of sp³-hybridized carbons (Fsp3) is 0.647. The molecule has 0 bridgehead atoms. The number of ether oxygens (including phenoxy) is 1. The van der Waals surface area contributed by atoms with Gasteiger partial charge in [0.1, 0.15) is 5.75 Å². The van der Waals surface area contributed by atoms with E-state index in [1.807, 2.05) is 0 Å². The summed E-state index contributed by atoms with van der Waals surface area (Å²) in [5.41, 5.74) is 8.80. The van der Waals surface area contributed by atoms with Crippen LogP contribution in [0, 0.1) is 0 Å². The topological polar surface area (TPSA) is 41.7 Å². The van der Waals surface area contributed by atoms with E-state index in [1.165, 1.54) is 24.0 Å². The molecule has 0 amide bonds. The molecule has 2 aliphatic heterocycles. The minimum atomic E-state index is 0.332. The van der Waals surface area contributed by atoms with Gasteiger partial charge in [0.25, 0.3) is 0 Å². The summed E-state index contributed by atoms with van der Waals surface area (Å²) in [5.74, 6) is 1.05. The monoisotopic (exact) mass is 289 g/mol. The van der Waals surface area contributed by atoms with Gasteiger partial charge in [-0.3, -0.25) is 4.90 Å². The zero-order valence-electron chi connectivity index (χ0n) is 13.2. The maximum Gasteiger partial charge on any atom is 0.122 e. The van der Waals surface area contributed by atoms with Crippen molar-refractivity contribution in [2.24, 2.45) is 5.73 Å². The van der Waals surface area contributed by atoms with Crippen molar-refractivity contribution in [3.05, 3.63) is 29.3 Å². The first-order chi connectivity index (χ1) is 10.2. The molecule has 1 aromatic rings. The number of nitrogens with two attached hydrogens (primary N) is 1. The maximum absolute atomic E-state index is 6.12. The number of rotatable bonds is 4. The second kappa shape index (κ2) is 6.34.